The predicted molar refractivity (Wildman–Crippen MR) is 77.4 cm³/mol. The second kappa shape index (κ2) is 5.59. The van der Waals surface area contributed by atoms with Crippen molar-refractivity contribution in [2.45, 2.75) is 6.92 Å². The summed E-state index contributed by atoms with van der Waals surface area (Å²) in [5.41, 5.74) is 0.455. The summed E-state index contributed by atoms with van der Waals surface area (Å²) in [6.07, 6.45) is 0. The zero-order valence-corrected chi connectivity index (χ0v) is 12.7. The molecular formula is C12H12N2O4S2. The quantitative estimate of drug-likeness (QED) is 0.938. The lowest BCUT2D eigenvalue weighted by Gasteiger charge is -2.15. The smallest absolute Gasteiger partial charge is 0.340 e. The molecule has 0 fully saturated rings. The lowest BCUT2D eigenvalue weighted by molar-refractivity contribution is 0.0697. The number of hydrogen-bond donors (Lipinski definition) is 1. The second-order valence-electron chi connectivity index (χ2n) is 3.94. The van der Waals surface area contributed by atoms with E-state index in [0.717, 1.165) is 11.5 Å². The van der Waals surface area contributed by atoms with Crippen LogP contribution in [0.25, 0.3) is 0 Å². The van der Waals surface area contributed by atoms with Crippen LogP contribution in [0, 0.1) is 6.92 Å². The van der Waals surface area contributed by atoms with Gasteiger partial charge in [0.1, 0.15) is 21.2 Å². The van der Waals surface area contributed by atoms with Crippen LogP contribution in [0.2, 0.25) is 0 Å². The van der Waals surface area contributed by atoms with Gasteiger partial charge in [-0.05, 0) is 29.9 Å². The van der Waals surface area contributed by atoms with Crippen molar-refractivity contribution in [3.05, 3.63) is 27.6 Å². The van der Waals surface area contributed by atoms with Crippen LogP contribution in [-0.2, 0) is 0 Å². The fourth-order valence-electron chi connectivity index (χ4n) is 1.69. The molecule has 1 N–H and O–H groups in total. The number of hydrogen-bond acceptors (Lipinski definition) is 6. The summed E-state index contributed by atoms with van der Waals surface area (Å²) >= 11 is 2.24. The molecule has 0 aliphatic heterocycles. The van der Waals surface area contributed by atoms with Crippen molar-refractivity contribution in [2.24, 2.45) is 0 Å². The molecule has 0 aliphatic carbocycles. The minimum Gasteiger partial charge on any atom is -0.495 e. The molecule has 0 saturated carbocycles. The first-order valence-corrected chi connectivity index (χ1v) is 7.21. The zero-order valence-electron chi connectivity index (χ0n) is 11.0. The van der Waals surface area contributed by atoms with E-state index in [1.165, 1.54) is 30.4 Å². The molecule has 0 aliphatic rings. The molecule has 1 amide bonds. The summed E-state index contributed by atoms with van der Waals surface area (Å²) in [7, 11) is 3.01. The van der Waals surface area contributed by atoms with Gasteiger partial charge in [0.05, 0.1) is 12.8 Å². The highest BCUT2D eigenvalue weighted by atomic mass is 32.1. The van der Waals surface area contributed by atoms with Crippen molar-refractivity contribution in [2.75, 3.05) is 19.1 Å². The molecule has 20 heavy (non-hydrogen) atoms. The molecule has 2 rings (SSSR count). The molecule has 0 atom stereocenters. The van der Waals surface area contributed by atoms with E-state index in [1.807, 2.05) is 0 Å². The van der Waals surface area contributed by atoms with Crippen LogP contribution in [0.3, 0.4) is 0 Å². The summed E-state index contributed by atoms with van der Waals surface area (Å²) in [4.78, 5) is 25.4. The molecule has 2 heterocycles. The number of aryl methyl sites for hydroxylation is 1. The summed E-state index contributed by atoms with van der Waals surface area (Å²) in [5.74, 6) is -0.933. The lowest BCUT2D eigenvalue weighted by atomic mass is 10.2. The Morgan fingerprint density at radius 2 is 2.15 bits per heavy atom. The number of aromatic carboxylic acids is 1. The van der Waals surface area contributed by atoms with E-state index in [9.17, 15) is 14.7 Å². The number of thiophene rings is 1. The normalized spacial score (nSPS) is 10.3. The maximum Gasteiger partial charge on any atom is 0.340 e. The van der Waals surface area contributed by atoms with Crippen molar-refractivity contribution in [3.63, 3.8) is 0 Å². The van der Waals surface area contributed by atoms with E-state index >= 15 is 0 Å². The van der Waals surface area contributed by atoms with Gasteiger partial charge in [-0.1, -0.05) is 0 Å². The molecule has 2 aromatic heterocycles. The average Bonchev–Trinajstić information content (AvgIpc) is 3.02. The van der Waals surface area contributed by atoms with Gasteiger partial charge in [-0.15, -0.1) is 11.3 Å². The van der Waals surface area contributed by atoms with E-state index in [2.05, 4.69) is 4.37 Å². The summed E-state index contributed by atoms with van der Waals surface area (Å²) in [6.45, 7) is 1.60. The van der Waals surface area contributed by atoms with Gasteiger partial charge in [-0.25, -0.2) is 4.79 Å². The first-order chi connectivity index (χ1) is 9.47. The molecule has 0 spiro atoms. The summed E-state index contributed by atoms with van der Waals surface area (Å²) < 4.78 is 9.11. The fourth-order valence-corrected chi connectivity index (χ4v) is 3.37. The van der Waals surface area contributed by atoms with Gasteiger partial charge in [0.25, 0.3) is 5.91 Å². The van der Waals surface area contributed by atoms with E-state index in [0.29, 0.717) is 21.3 Å². The van der Waals surface area contributed by atoms with Crippen molar-refractivity contribution >= 4 is 39.7 Å². The standard InChI is InChI=1S/C12H12N2O4S2/c1-6-8(12(16)17)11(20-13-6)14(2)10(15)9-7(18-3)4-5-19-9/h4-5H,1-3H3,(H,16,17). The fraction of sp³-hybridized carbons (Fsp3) is 0.250. The van der Waals surface area contributed by atoms with Crippen LogP contribution in [-0.4, -0.2) is 35.5 Å². The molecule has 0 saturated heterocycles. The first kappa shape index (κ1) is 14.5. The summed E-state index contributed by atoms with van der Waals surface area (Å²) in [5, 5.41) is 11.3. The highest BCUT2D eigenvalue weighted by Crippen LogP contribution is 2.32. The Bertz CT molecular complexity index is 662. The minimum atomic E-state index is -1.09. The van der Waals surface area contributed by atoms with Gasteiger partial charge in [0.15, 0.2) is 0 Å². The molecule has 6 nitrogen and oxygen atoms in total. The van der Waals surface area contributed by atoms with Crippen molar-refractivity contribution in [3.8, 4) is 5.75 Å². The molecule has 106 valence electrons. The number of carboxylic acids is 1. The maximum atomic E-state index is 12.4. The first-order valence-electron chi connectivity index (χ1n) is 5.56. The molecule has 8 heteroatoms. The number of ether oxygens (including phenoxy) is 1. The minimum absolute atomic E-state index is 0.0568. The number of carboxylic acid groups (broad SMARTS) is 1. The molecule has 0 unspecified atom stereocenters. The lowest BCUT2D eigenvalue weighted by Crippen LogP contribution is -2.26. The molecule has 0 bridgehead atoms. The van der Waals surface area contributed by atoms with Crippen LogP contribution in [0.15, 0.2) is 11.4 Å². The van der Waals surface area contributed by atoms with Gasteiger partial charge >= 0.3 is 5.97 Å². The Morgan fingerprint density at radius 1 is 1.45 bits per heavy atom. The molecular weight excluding hydrogens is 300 g/mol. The molecule has 0 aromatic carbocycles. The van der Waals surface area contributed by atoms with Crippen LogP contribution in [0.5, 0.6) is 5.75 Å². The third kappa shape index (κ3) is 2.39. The Kier molecular flexibility index (Phi) is 4.05. The Hall–Kier alpha value is -1.93. The van der Waals surface area contributed by atoms with Crippen LogP contribution >= 0.6 is 22.9 Å². The second-order valence-corrected chi connectivity index (χ2v) is 5.60. The van der Waals surface area contributed by atoms with E-state index in [-0.39, 0.29) is 11.5 Å². The SMILES string of the molecule is COc1ccsc1C(=O)N(C)c1snc(C)c1C(=O)O. The molecule has 0 radical (unpaired) electrons. The number of rotatable bonds is 4. The monoisotopic (exact) mass is 312 g/mol. The van der Waals surface area contributed by atoms with Crippen LogP contribution in [0.4, 0.5) is 5.00 Å². The third-order valence-electron chi connectivity index (χ3n) is 2.71. The third-order valence-corrected chi connectivity index (χ3v) is 4.61. The predicted octanol–water partition coefficient (Wildman–Crippen LogP) is 2.50. The Morgan fingerprint density at radius 3 is 2.75 bits per heavy atom. The van der Waals surface area contributed by atoms with Crippen molar-refractivity contribution in [1.82, 2.24) is 4.37 Å². The van der Waals surface area contributed by atoms with Gasteiger partial charge in [0.2, 0.25) is 0 Å². The largest absolute Gasteiger partial charge is 0.495 e. The van der Waals surface area contributed by atoms with Crippen LogP contribution < -0.4 is 9.64 Å². The number of carbonyl (C=O) groups excluding carboxylic acids is 1. The van der Waals surface area contributed by atoms with Crippen LogP contribution in [0.1, 0.15) is 25.7 Å². The van der Waals surface area contributed by atoms with E-state index in [1.54, 1.807) is 18.4 Å². The number of carbonyl (C=O) groups is 2. The van der Waals surface area contributed by atoms with Gasteiger partial charge in [-0.3, -0.25) is 9.69 Å². The van der Waals surface area contributed by atoms with Gasteiger partial charge in [0, 0.05) is 7.05 Å². The topological polar surface area (TPSA) is 79.7 Å². The maximum absolute atomic E-state index is 12.4. The average molecular weight is 312 g/mol. The Labute approximate surface area is 123 Å². The Balaban J connectivity index is 2.39. The number of aromatic nitrogens is 1. The van der Waals surface area contributed by atoms with Crippen molar-refractivity contribution in [1.29, 1.82) is 0 Å². The van der Waals surface area contributed by atoms with E-state index in [4.69, 9.17) is 4.74 Å². The number of amides is 1. The number of methoxy groups -OCH3 is 1. The molecule has 2 aromatic rings. The number of anilines is 1. The van der Waals surface area contributed by atoms with Gasteiger partial charge in [-0.2, -0.15) is 4.37 Å². The highest BCUT2D eigenvalue weighted by Gasteiger charge is 2.26. The van der Waals surface area contributed by atoms with E-state index < -0.39 is 5.97 Å². The zero-order chi connectivity index (χ0) is 14.9. The van der Waals surface area contributed by atoms with Crippen molar-refractivity contribution < 1.29 is 19.4 Å². The number of nitrogens with zero attached hydrogens (tertiary/aromatic N) is 2. The summed E-state index contributed by atoms with van der Waals surface area (Å²) in [6, 6.07) is 1.70. The van der Waals surface area contributed by atoms with Gasteiger partial charge < -0.3 is 9.84 Å². The highest BCUT2D eigenvalue weighted by molar-refractivity contribution is 7.13.